The molecule has 1 atom stereocenters. The lowest BCUT2D eigenvalue weighted by atomic mass is 10.1. The smallest absolute Gasteiger partial charge is 0.258 e. The molecule has 1 aromatic rings. The second-order valence-electron chi connectivity index (χ2n) is 3.55. The van der Waals surface area contributed by atoms with Crippen LogP contribution in [0.1, 0.15) is 23.7 Å². The van der Waals surface area contributed by atoms with E-state index in [4.69, 9.17) is 10.00 Å². The van der Waals surface area contributed by atoms with Crippen molar-refractivity contribution in [1.29, 1.82) is 5.26 Å². The normalized spacial score (nSPS) is 11.4. The third-order valence-corrected chi connectivity index (χ3v) is 2.20. The molecule has 0 saturated carbocycles. The van der Waals surface area contributed by atoms with Gasteiger partial charge in [-0.05, 0) is 19.1 Å². The van der Waals surface area contributed by atoms with Crippen LogP contribution in [-0.4, -0.2) is 19.1 Å². The largest absolute Gasteiger partial charge is 0.496 e. The summed E-state index contributed by atoms with van der Waals surface area (Å²) in [7, 11) is 1.37. The summed E-state index contributed by atoms with van der Waals surface area (Å²) < 4.78 is 18.4. The van der Waals surface area contributed by atoms with Crippen molar-refractivity contribution >= 4 is 5.91 Å². The summed E-state index contributed by atoms with van der Waals surface area (Å²) in [5.74, 6) is -1.06. The van der Waals surface area contributed by atoms with E-state index in [0.29, 0.717) is 0 Å². The Labute approximate surface area is 99.0 Å². The van der Waals surface area contributed by atoms with E-state index in [1.54, 1.807) is 6.92 Å². The van der Waals surface area contributed by atoms with Crippen molar-refractivity contribution in [2.24, 2.45) is 0 Å². The fourth-order valence-corrected chi connectivity index (χ4v) is 1.38. The molecule has 1 N–H and O–H groups in total. The van der Waals surface area contributed by atoms with Gasteiger partial charge in [-0.3, -0.25) is 4.79 Å². The maximum absolute atomic E-state index is 13.5. The van der Waals surface area contributed by atoms with E-state index in [2.05, 4.69) is 5.32 Å². The topological polar surface area (TPSA) is 62.1 Å². The third kappa shape index (κ3) is 3.18. The molecule has 0 heterocycles. The number of benzene rings is 1. The molecule has 0 aliphatic heterocycles. The number of halogens is 1. The van der Waals surface area contributed by atoms with Gasteiger partial charge < -0.3 is 10.1 Å². The predicted octanol–water partition coefficient (Wildman–Crippen LogP) is 1.87. The van der Waals surface area contributed by atoms with Crippen LogP contribution in [0.15, 0.2) is 18.2 Å². The van der Waals surface area contributed by atoms with Gasteiger partial charge in [0, 0.05) is 6.04 Å². The second kappa shape index (κ2) is 5.85. The minimum atomic E-state index is -0.647. The number of nitriles is 1. The Kier molecular flexibility index (Phi) is 4.46. The van der Waals surface area contributed by atoms with Crippen molar-refractivity contribution in [1.82, 2.24) is 5.32 Å². The molecule has 0 bridgehead atoms. The van der Waals surface area contributed by atoms with Crippen LogP contribution in [0.5, 0.6) is 5.75 Å². The number of carbonyl (C=O) groups excluding carboxylic acids is 1. The highest BCUT2D eigenvalue weighted by Crippen LogP contribution is 2.21. The number of nitrogens with zero attached hydrogens (tertiary/aromatic N) is 1. The van der Waals surface area contributed by atoms with Crippen molar-refractivity contribution in [3.63, 3.8) is 0 Å². The van der Waals surface area contributed by atoms with E-state index in [9.17, 15) is 9.18 Å². The number of rotatable bonds is 4. The fourth-order valence-electron chi connectivity index (χ4n) is 1.38. The maximum Gasteiger partial charge on any atom is 0.258 e. The van der Waals surface area contributed by atoms with E-state index in [-0.39, 0.29) is 23.8 Å². The first-order valence-corrected chi connectivity index (χ1v) is 5.10. The van der Waals surface area contributed by atoms with Gasteiger partial charge in [-0.25, -0.2) is 4.39 Å². The lowest BCUT2D eigenvalue weighted by molar-refractivity contribution is 0.0933. The number of hydrogen-bond acceptors (Lipinski definition) is 3. The first-order chi connectivity index (χ1) is 8.10. The van der Waals surface area contributed by atoms with Crippen molar-refractivity contribution < 1.29 is 13.9 Å². The van der Waals surface area contributed by atoms with Gasteiger partial charge in [-0.1, -0.05) is 6.07 Å². The van der Waals surface area contributed by atoms with Gasteiger partial charge in [0.25, 0.3) is 5.91 Å². The van der Waals surface area contributed by atoms with Crippen LogP contribution in [0.4, 0.5) is 4.39 Å². The fraction of sp³-hybridized carbons (Fsp3) is 0.333. The molecular formula is C12H13FN2O2. The molecule has 0 aliphatic carbocycles. The highest BCUT2D eigenvalue weighted by Gasteiger charge is 2.18. The average molecular weight is 236 g/mol. The summed E-state index contributed by atoms with van der Waals surface area (Å²) in [6.07, 6.45) is 0.169. The number of amides is 1. The Balaban J connectivity index is 2.93. The highest BCUT2D eigenvalue weighted by molar-refractivity contribution is 5.97. The Morgan fingerprint density at radius 1 is 1.65 bits per heavy atom. The minimum absolute atomic E-state index is 0.139. The molecule has 0 aliphatic rings. The standard InChI is InChI=1S/C12H13FN2O2/c1-8(6-7-14)15-12(16)11-9(13)4-3-5-10(11)17-2/h3-5,8H,6H2,1-2H3,(H,15,16). The molecule has 4 nitrogen and oxygen atoms in total. The van der Waals surface area contributed by atoms with Crippen molar-refractivity contribution in [3.8, 4) is 11.8 Å². The third-order valence-electron chi connectivity index (χ3n) is 2.20. The summed E-state index contributed by atoms with van der Waals surface area (Å²) in [6, 6.07) is 5.75. The molecule has 0 spiro atoms. The molecule has 0 aromatic heterocycles. The lowest BCUT2D eigenvalue weighted by Crippen LogP contribution is -2.33. The van der Waals surface area contributed by atoms with Crippen LogP contribution in [0.2, 0.25) is 0 Å². The molecule has 90 valence electrons. The Morgan fingerprint density at radius 3 is 2.94 bits per heavy atom. The molecule has 0 radical (unpaired) electrons. The summed E-state index contributed by atoms with van der Waals surface area (Å²) >= 11 is 0. The van der Waals surface area contributed by atoms with E-state index < -0.39 is 11.7 Å². The SMILES string of the molecule is COc1cccc(F)c1C(=O)NC(C)CC#N. The zero-order valence-electron chi connectivity index (χ0n) is 9.66. The second-order valence-corrected chi connectivity index (χ2v) is 3.55. The van der Waals surface area contributed by atoms with Crippen molar-refractivity contribution in [2.45, 2.75) is 19.4 Å². The average Bonchev–Trinajstić information content (AvgIpc) is 2.28. The number of ether oxygens (including phenoxy) is 1. The Hall–Kier alpha value is -2.09. The first kappa shape index (κ1) is 13.0. The zero-order valence-corrected chi connectivity index (χ0v) is 9.66. The van der Waals surface area contributed by atoms with Crippen LogP contribution >= 0.6 is 0 Å². The van der Waals surface area contributed by atoms with E-state index >= 15 is 0 Å². The quantitative estimate of drug-likeness (QED) is 0.868. The number of nitrogens with one attached hydrogen (secondary N) is 1. The van der Waals surface area contributed by atoms with Crippen LogP contribution < -0.4 is 10.1 Å². The predicted molar refractivity (Wildman–Crippen MR) is 60.1 cm³/mol. The molecule has 1 amide bonds. The van der Waals surface area contributed by atoms with Crippen LogP contribution in [0.3, 0.4) is 0 Å². The highest BCUT2D eigenvalue weighted by atomic mass is 19.1. The van der Waals surface area contributed by atoms with Gasteiger partial charge in [-0.2, -0.15) is 5.26 Å². The minimum Gasteiger partial charge on any atom is -0.496 e. The molecular weight excluding hydrogens is 223 g/mol. The van der Waals surface area contributed by atoms with E-state index in [1.165, 1.54) is 25.3 Å². The summed E-state index contributed by atoms with van der Waals surface area (Å²) in [5, 5.41) is 11.0. The zero-order chi connectivity index (χ0) is 12.8. The number of carbonyl (C=O) groups is 1. The summed E-state index contributed by atoms with van der Waals surface area (Å²) in [5.41, 5.74) is -0.139. The summed E-state index contributed by atoms with van der Waals surface area (Å²) in [6.45, 7) is 1.68. The monoisotopic (exact) mass is 236 g/mol. The van der Waals surface area contributed by atoms with Crippen LogP contribution in [0.25, 0.3) is 0 Å². The van der Waals surface area contributed by atoms with Crippen molar-refractivity contribution in [2.75, 3.05) is 7.11 Å². The van der Waals surface area contributed by atoms with Gasteiger partial charge in [0.05, 0.1) is 19.6 Å². The van der Waals surface area contributed by atoms with Gasteiger partial charge in [-0.15, -0.1) is 0 Å². The van der Waals surface area contributed by atoms with Crippen molar-refractivity contribution in [3.05, 3.63) is 29.6 Å². The maximum atomic E-state index is 13.5. The molecule has 0 fully saturated rings. The summed E-state index contributed by atoms with van der Waals surface area (Å²) in [4.78, 5) is 11.8. The molecule has 0 saturated heterocycles. The number of methoxy groups -OCH3 is 1. The van der Waals surface area contributed by atoms with Crippen LogP contribution in [-0.2, 0) is 0 Å². The molecule has 5 heteroatoms. The van der Waals surface area contributed by atoms with Gasteiger partial charge >= 0.3 is 0 Å². The van der Waals surface area contributed by atoms with Gasteiger partial charge in [0.1, 0.15) is 17.1 Å². The van der Waals surface area contributed by atoms with Crippen LogP contribution in [0, 0.1) is 17.1 Å². The lowest BCUT2D eigenvalue weighted by Gasteiger charge is -2.13. The number of hydrogen-bond donors (Lipinski definition) is 1. The van der Waals surface area contributed by atoms with Gasteiger partial charge in [0.15, 0.2) is 0 Å². The Bertz CT molecular complexity index is 454. The van der Waals surface area contributed by atoms with E-state index in [0.717, 1.165) is 0 Å². The Morgan fingerprint density at radius 2 is 2.35 bits per heavy atom. The molecule has 1 rings (SSSR count). The molecule has 17 heavy (non-hydrogen) atoms. The first-order valence-electron chi connectivity index (χ1n) is 5.10. The molecule has 1 unspecified atom stereocenters. The molecule has 1 aromatic carbocycles. The van der Waals surface area contributed by atoms with E-state index in [1.807, 2.05) is 6.07 Å². The van der Waals surface area contributed by atoms with Gasteiger partial charge in [0.2, 0.25) is 0 Å².